The zero-order valence-electron chi connectivity index (χ0n) is 15.3. The number of hydrogen-bond acceptors (Lipinski definition) is 5. The summed E-state index contributed by atoms with van der Waals surface area (Å²) in [6, 6.07) is 7.68. The van der Waals surface area contributed by atoms with Gasteiger partial charge >= 0.3 is 13.1 Å². The van der Waals surface area contributed by atoms with E-state index in [1.807, 2.05) is 52.0 Å². The van der Waals surface area contributed by atoms with Crippen LogP contribution < -0.4 is 10.2 Å². The van der Waals surface area contributed by atoms with Gasteiger partial charge < -0.3 is 18.8 Å². The molecule has 1 fully saturated rings. The largest absolute Gasteiger partial charge is 0.494 e. The molecule has 0 amide bonds. The van der Waals surface area contributed by atoms with E-state index in [-0.39, 0.29) is 24.3 Å². The van der Waals surface area contributed by atoms with Gasteiger partial charge in [-0.15, -0.1) is 0 Å². The molecule has 1 heterocycles. The van der Waals surface area contributed by atoms with Crippen molar-refractivity contribution in [3.05, 3.63) is 24.3 Å². The van der Waals surface area contributed by atoms with E-state index in [2.05, 4.69) is 0 Å². The first kappa shape index (κ1) is 18.8. The predicted octanol–water partition coefficient (Wildman–Crippen LogP) is 2.71. The SMILES string of the molecule is CCOC(=O)CCCOc1ccc(B2OC(C)(C)C(C)(C)O2)cc1. The standard InChI is InChI=1S/C18H27BO5/c1-6-21-16(20)8-7-13-22-15-11-9-14(10-12-15)19-23-17(2,3)18(4,5)24-19/h9-12H,6-8,13H2,1-5H3. The molecule has 0 unspecified atom stereocenters. The highest BCUT2D eigenvalue weighted by Gasteiger charge is 2.51. The average Bonchev–Trinajstić information content (AvgIpc) is 2.73. The molecule has 1 aliphatic rings. The van der Waals surface area contributed by atoms with E-state index in [1.165, 1.54) is 0 Å². The zero-order valence-corrected chi connectivity index (χ0v) is 15.3. The van der Waals surface area contributed by atoms with Gasteiger partial charge in [0.25, 0.3) is 0 Å². The van der Waals surface area contributed by atoms with Crippen LogP contribution in [0.1, 0.15) is 47.5 Å². The lowest BCUT2D eigenvalue weighted by atomic mass is 9.79. The topological polar surface area (TPSA) is 54.0 Å². The van der Waals surface area contributed by atoms with Gasteiger partial charge in [-0.25, -0.2) is 0 Å². The molecule has 1 aromatic rings. The number of hydrogen-bond donors (Lipinski definition) is 0. The quantitative estimate of drug-likeness (QED) is 0.436. The van der Waals surface area contributed by atoms with Crippen molar-refractivity contribution in [2.45, 2.75) is 58.7 Å². The summed E-state index contributed by atoms with van der Waals surface area (Å²) < 4.78 is 22.6. The Balaban J connectivity index is 1.83. The molecule has 0 aliphatic carbocycles. The number of esters is 1. The number of rotatable bonds is 7. The van der Waals surface area contributed by atoms with Crippen molar-refractivity contribution in [1.82, 2.24) is 0 Å². The van der Waals surface area contributed by atoms with E-state index in [4.69, 9.17) is 18.8 Å². The van der Waals surface area contributed by atoms with Gasteiger partial charge in [-0.1, -0.05) is 12.1 Å². The second kappa shape index (κ2) is 7.57. The van der Waals surface area contributed by atoms with Gasteiger partial charge in [0, 0.05) is 6.42 Å². The Morgan fingerprint density at radius 2 is 1.67 bits per heavy atom. The van der Waals surface area contributed by atoms with Crippen LogP contribution in [0.5, 0.6) is 5.75 Å². The molecule has 5 nitrogen and oxygen atoms in total. The van der Waals surface area contributed by atoms with Gasteiger partial charge in [0.2, 0.25) is 0 Å². The highest BCUT2D eigenvalue weighted by Crippen LogP contribution is 2.36. The first-order valence-electron chi connectivity index (χ1n) is 8.49. The Labute approximate surface area is 144 Å². The van der Waals surface area contributed by atoms with Crippen LogP contribution in [0.15, 0.2) is 24.3 Å². The lowest BCUT2D eigenvalue weighted by molar-refractivity contribution is -0.143. The van der Waals surface area contributed by atoms with Crippen LogP contribution in [0.2, 0.25) is 0 Å². The highest BCUT2D eigenvalue weighted by molar-refractivity contribution is 6.62. The van der Waals surface area contributed by atoms with Gasteiger partial charge in [0.1, 0.15) is 5.75 Å². The molecule has 0 N–H and O–H groups in total. The predicted molar refractivity (Wildman–Crippen MR) is 93.5 cm³/mol. The second-order valence-electron chi connectivity index (χ2n) is 6.91. The van der Waals surface area contributed by atoms with Crippen LogP contribution in [0.25, 0.3) is 0 Å². The fraction of sp³-hybridized carbons (Fsp3) is 0.611. The third kappa shape index (κ3) is 4.51. The molecule has 0 atom stereocenters. The van der Waals surface area contributed by atoms with Crippen LogP contribution in [0.3, 0.4) is 0 Å². The van der Waals surface area contributed by atoms with Crippen molar-refractivity contribution in [1.29, 1.82) is 0 Å². The van der Waals surface area contributed by atoms with Gasteiger partial charge in [-0.05, 0) is 58.6 Å². The van der Waals surface area contributed by atoms with E-state index < -0.39 is 0 Å². The summed E-state index contributed by atoms with van der Waals surface area (Å²) in [5.41, 5.74) is 0.271. The molecule has 6 heteroatoms. The third-order valence-corrected chi connectivity index (χ3v) is 4.50. The summed E-state index contributed by atoms with van der Waals surface area (Å²) in [4.78, 5) is 11.2. The summed E-state index contributed by atoms with van der Waals surface area (Å²) >= 11 is 0. The summed E-state index contributed by atoms with van der Waals surface area (Å²) in [5.74, 6) is 0.580. The summed E-state index contributed by atoms with van der Waals surface area (Å²) in [5, 5.41) is 0. The summed E-state index contributed by atoms with van der Waals surface area (Å²) in [7, 11) is -0.368. The highest BCUT2D eigenvalue weighted by atomic mass is 16.7. The van der Waals surface area contributed by atoms with E-state index >= 15 is 0 Å². The molecule has 24 heavy (non-hydrogen) atoms. The van der Waals surface area contributed by atoms with Crippen molar-refractivity contribution >= 4 is 18.6 Å². The van der Waals surface area contributed by atoms with Crippen LogP contribution in [-0.4, -0.2) is 37.5 Å². The van der Waals surface area contributed by atoms with Crippen LogP contribution in [0, 0.1) is 0 Å². The van der Waals surface area contributed by atoms with E-state index in [1.54, 1.807) is 6.92 Å². The van der Waals surface area contributed by atoms with Gasteiger partial charge in [0.15, 0.2) is 0 Å². The first-order valence-corrected chi connectivity index (χ1v) is 8.49. The van der Waals surface area contributed by atoms with Crippen LogP contribution in [0.4, 0.5) is 0 Å². The second-order valence-corrected chi connectivity index (χ2v) is 6.91. The molecular formula is C18H27BO5. The van der Waals surface area contributed by atoms with Gasteiger partial charge in [-0.2, -0.15) is 0 Å². The normalized spacial score (nSPS) is 18.5. The van der Waals surface area contributed by atoms with E-state index in [9.17, 15) is 4.79 Å². The summed E-state index contributed by atoms with van der Waals surface area (Å²) in [6.07, 6.45) is 1.01. The minimum Gasteiger partial charge on any atom is -0.494 e. The molecule has 1 saturated heterocycles. The number of carbonyl (C=O) groups excluding carboxylic acids is 1. The Bertz CT molecular complexity index is 537. The maximum atomic E-state index is 11.2. The fourth-order valence-electron chi connectivity index (χ4n) is 2.34. The summed E-state index contributed by atoms with van der Waals surface area (Å²) in [6.45, 7) is 10.8. The lowest BCUT2D eigenvalue weighted by Gasteiger charge is -2.32. The molecule has 132 valence electrons. The molecular weight excluding hydrogens is 307 g/mol. The first-order chi connectivity index (χ1) is 11.2. The molecule has 1 aromatic carbocycles. The molecule has 0 aromatic heterocycles. The van der Waals surface area contributed by atoms with Crippen molar-refractivity contribution in [3.8, 4) is 5.75 Å². The monoisotopic (exact) mass is 334 g/mol. The number of benzene rings is 1. The van der Waals surface area contributed by atoms with E-state index in [0.717, 1.165) is 11.2 Å². The lowest BCUT2D eigenvalue weighted by Crippen LogP contribution is -2.41. The fourth-order valence-corrected chi connectivity index (χ4v) is 2.34. The van der Waals surface area contributed by atoms with Crippen molar-refractivity contribution in [2.24, 2.45) is 0 Å². The van der Waals surface area contributed by atoms with Gasteiger partial charge in [0.05, 0.1) is 24.4 Å². The molecule has 0 spiro atoms. The smallest absolute Gasteiger partial charge is 0.494 e. The number of ether oxygens (including phenoxy) is 2. The van der Waals surface area contributed by atoms with Crippen LogP contribution in [-0.2, 0) is 18.8 Å². The maximum absolute atomic E-state index is 11.2. The van der Waals surface area contributed by atoms with Crippen LogP contribution >= 0.6 is 0 Å². The third-order valence-electron chi connectivity index (χ3n) is 4.50. The average molecular weight is 334 g/mol. The minimum atomic E-state index is -0.368. The molecule has 0 saturated carbocycles. The number of carbonyl (C=O) groups is 1. The van der Waals surface area contributed by atoms with Crippen molar-refractivity contribution in [3.63, 3.8) is 0 Å². The molecule has 1 aliphatic heterocycles. The molecule has 0 radical (unpaired) electrons. The Morgan fingerprint density at radius 3 is 2.21 bits per heavy atom. The minimum absolute atomic E-state index is 0.183. The maximum Gasteiger partial charge on any atom is 0.494 e. The zero-order chi connectivity index (χ0) is 17.8. The Morgan fingerprint density at radius 1 is 1.08 bits per heavy atom. The Kier molecular flexibility index (Phi) is 5.94. The van der Waals surface area contributed by atoms with Crippen molar-refractivity contribution in [2.75, 3.05) is 13.2 Å². The molecule has 0 bridgehead atoms. The van der Waals surface area contributed by atoms with Gasteiger partial charge in [-0.3, -0.25) is 4.79 Å². The Hall–Kier alpha value is -1.53. The van der Waals surface area contributed by atoms with Crippen molar-refractivity contribution < 1.29 is 23.6 Å². The van der Waals surface area contributed by atoms with E-state index in [0.29, 0.717) is 26.1 Å². The molecule has 2 rings (SSSR count).